The van der Waals surface area contributed by atoms with Crippen molar-refractivity contribution in [3.8, 4) is 0 Å². The standard InChI is InChI=1S/C22H25N5O3S/c1-4-14(2)20(25-21-15-9-5-8-12-18(15)31(29,30)26-21)22(28)27(3)13-19-23-16-10-6-7-11-17(16)24-19/h5-12,14,20H,4,13H2,1-3H3,(H,23,24)(H,25,26)/t14-,20-/m0/s1. The quantitative estimate of drug-likeness (QED) is 0.616. The molecule has 0 fully saturated rings. The van der Waals surface area contributed by atoms with Gasteiger partial charge in [0.2, 0.25) is 5.91 Å². The number of aromatic nitrogens is 2. The highest BCUT2D eigenvalue weighted by atomic mass is 32.2. The Labute approximate surface area is 181 Å². The molecule has 9 heteroatoms. The van der Waals surface area contributed by atoms with Crippen molar-refractivity contribution < 1.29 is 13.2 Å². The van der Waals surface area contributed by atoms with Crippen molar-refractivity contribution in [3.63, 3.8) is 0 Å². The summed E-state index contributed by atoms with van der Waals surface area (Å²) in [5.74, 6) is 0.632. The molecule has 0 radical (unpaired) electrons. The number of likely N-dealkylation sites (N-methyl/N-ethyl adjacent to an activating group) is 1. The Kier molecular flexibility index (Phi) is 5.53. The summed E-state index contributed by atoms with van der Waals surface area (Å²) >= 11 is 0. The van der Waals surface area contributed by atoms with Crippen LogP contribution in [0.15, 0.2) is 58.4 Å². The van der Waals surface area contributed by atoms with Gasteiger partial charge in [-0.1, -0.05) is 44.5 Å². The number of H-pyrrole nitrogens is 1. The van der Waals surface area contributed by atoms with Gasteiger partial charge in [-0.25, -0.2) is 13.4 Å². The highest BCUT2D eigenvalue weighted by molar-refractivity contribution is 7.90. The van der Waals surface area contributed by atoms with E-state index in [-0.39, 0.29) is 22.6 Å². The van der Waals surface area contributed by atoms with Crippen LogP contribution in [0.4, 0.5) is 0 Å². The number of imidazole rings is 1. The molecule has 1 aliphatic rings. The zero-order valence-corrected chi connectivity index (χ0v) is 18.5. The van der Waals surface area contributed by atoms with E-state index in [9.17, 15) is 13.2 Å². The third kappa shape index (κ3) is 4.05. The minimum Gasteiger partial charge on any atom is -0.340 e. The lowest BCUT2D eigenvalue weighted by Gasteiger charge is -2.24. The van der Waals surface area contributed by atoms with Gasteiger partial charge in [0.05, 0.1) is 22.5 Å². The van der Waals surface area contributed by atoms with Crippen LogP contribution >= 0.6 is 0 Å². The number of rotatable bonds is 6. The van der Waals surface area contributed by atoms with E-state index in [1.165, 1.54) is 6.07 Å². The van der Waals surface area contributed by atoms with E-state index in [4.69, 9.17) is 0 Å². The second kappa shape index (κ2) is 8.14. The van der Waals surface area contributed by atoms with E-state index < -0.39 is 16.1 Å². The zero-order chi connectivity index (χ0) is 22.2. The first-order valence-corrected chi connectivity index (χ1v) is 11.7. The molecule has 2 N–H and O–H groups in total. The maximum absolute atomic E-state index is 13.3. The predicted octanol–water partition coefficient (Wildman–Crippen LogP) is 2.67. The fourth-order valence-corrected chi connectivity index (χ4v) is 4.87. The number of aliphatic imine (C=N–C) groups is 1. The van der Waals surface area contributed by atoms with Gasteiger partial charge >= 0.3 is 0 Å². The van der Waals surface area contributed by atoms with Crippen LogP contribution in [-0.4, -0.2) is 48.1 Å². The fourth-order valence-electron chi connectivity index (χ4n) is 3.63. The highest BCUT2D eigenvalue weighted by Gasteiger charge is 2.34. The summed E-state index contributed by atoms with van der Waals surface area (Å²) in [4.78, 5) is 27.4. The average molecular weight is 440 g/mol. The predicted molar refractivity (Wildman–Crippen MR) is 119 cm³/mol. The Balaban J connectivity index is 1.62. The van der Waals surface area contributed by atoms with Gasteiger partial charge in [-0.3, -0.25) is 14.5 Å². The molecule has 0 saturated heterocycles. The van der Waals surface area contributed by atoms with Gasteiger partial charge in [-0.05, 0) is 30.2 Å². The summed E-state index contributed by atoms with van der Waals surface area (Å²) < 4.78 is 27.3. The number of para-hydroxylation sites is 2. The van der Waals surface area contributed by atoms with Gasteiger partial charge < -0.3 is 9.88 Å². The summed E-state index contributed by atoms with van der Waals surface area (Å²) in [5, 5.41) is 0. The maximum Gasteiger partial charge on any atom is 0.263 e. The number of carbonyl (C=O) groups is 1. The number of amidine groups is 1. The number of hydrogen-bond donors (Lipinski definition) is 2. The molecule has 0 bridgehead atoms. The molecule has 1 aromatic heterocycles. The summed E-state index contributed by atoms with van der Waals surface area (Å²) in [5.41, 5.74) is 2.24. The minimum absolute atomic E-state index is 0.0737. The first kappa shape index (κ1) is 21.0. The van der Waals surface area contributed by atoms with Crippen molar-refractivity contribution in [1.82, 2.24) is 19.6 Å². The summed E-state index contributed by atoms with van der Waals surface area (Å²) in [6.07, 6.45) is 0.722. The number of carbonyl (C=O) groups excluding carboxylic acids is 1. The van der Waals surface area contributed by atoms with Crippen LogP contribution in [0.3, 0.4) is 0 Å². The molecule has 2 atom stereocenters. The minimum atomic E-state index is -3.66. The van der Waals surface area contributed by atoms with Gasteiger partial charge in [0.25, 0.3) is 10.0 Å². The summed E-state index contributed by atoms with van der Waals surface area (Å²) in [7, 11) is -1.96. The fraction of sp³-hybridized carbons (Fsp3) is 0.318. The topological polar surface area (TPSA) is 108 Å². The summed E-state index contributed by atoms with van der Waals surface area (Å²) in [6.45, 7) is 4.22. The van der Waals surface area contributed by atoms with E-state index in [2.05, 4.69) is 19.7 Å². The van der Waals surface area contributed by atoms with E-state index in [1.807, 2.05) is 38.1 Å². The Morgan fingerprint density at radius 3 is 2.61 bits per heavy atom. The zero-order valence-electron chi connectivity index (χ0n) is 17.7. The van der Waals surface area contributed by atoms with Crippen LogP contribution in [0.1, 0.15) is 31.7 Å². The molecule has 2 aromatic carbocycles. The SMILES string of the molecule is CC[C@H](C)[C@H](N=C1NS(=O)(=O)c2ccccc21)C(=O)N(C)Cc1nc2ccccc2[nH]1. The van der Waals surface area contributed by atoms with Gasteiger partial charge in [0.1, 0.15) is 17.7 Å². The van der Waals surface area contributed by atoms with Crippen LogP contribution in [0.25, 0.3) is 11.0 Å². The molecule has 0 spiro atoms. The lowest BCUT2D eigenvalue weighted by molar-refractivity contribution is -0.132. The molecule has 2 heterocycles. The number of sulfonamides is 1. The number of nitrogens with zero attached hydrogens (tertiary/aromatic N) is 3. The molecular formula is C22H25N5O3S. The Morgan fingerprint density at radius 2 is 1.87 bits per heavy atom. The molecular weight excluding hydrogens is 414 g/mol. The Hall–Kier alpha value is -3.20. The largest absolute Gasteiger partial charge is 0.340 e. The van der Waals surface area contributed by atoms with Gasteiger partial charge in [-0.2, -0.15) is 0 Å². The maximum atomic E-state index is 13.3. The van der Waals surface area contributed by atoms with E-state index >= 15 is 0 Å². The highest BCUT2D eigenvalue weighted by Crippen LogP contribution is 2.24. The number of fused-ring (bicyclic) bond motifs is 2. The van der Waals surface area contributed by atoms with Crippen molar-refractivity contribution in [3.05, 3.63) is 59.9 Å². The Bertz CT molecular complexity index is 1230. The number of nitrogens with one attached hydrogen (secondary N) is 2. The molecule has 1 aliphatic heterocycles. The van der Waals surface area contributed by atoms with Crippen LogP contribution in [-0.2, 0) is 21.4 Å². The first-order chi connectivity index (χ1) is 14.8. The molecule has 3 aromatic rings. The Morgan fingerprint density at radius 1 is 1.16 bits per heavy atom. The number of amides is 1. The molecule has 0 aliphatic carbocycles. The van der Waals surface area contributed by atoms with Gasteiger partial charge in [0.15, 0.2) is 0 Å². The molecule has 0 saturated carbocycles. The van der Waals surface area contributed by atoms with Crippen LogP contribution < -0.4 is 4.72 Å². The van der Waals surface area contributed by atoms with Crippen LogP contribution in [0.2, 0.25) is 0 Å². The molecule has 8 nitrogen and oxygen atoms in total. The number of aromatic amines is 1. The summed E-state index contributed by atoms with van der Waals surface area (Å²) in [6, 6.07) is 13.6. The molecule has 1 amide bonds. The van der Waals surface area contributed by atoms with Crippen molar-refractivity contribution in [2.75, 3.05) is 7.05 Å². The van der Waals surface area contributed by atoms with E-state index in [1.54, 1.807) is 30.1 Å². The molecule has 0 unspecified atom stereocenters. The third-order valence-electron chi connectivity index (χ3n) is 5.57. The first-order valence-electron chi connectivity index (χ1n) is 10.2. The second-order valence-electron chi connectivity index (χ2n) is 7.80. The van der Waals surface area contributed by atoms with Crippen molar-refractivity contribution in [2.24, 2.45) is 10.9 Å². The number of benzene rings is 2. The normalized spacial score (nSPS) is 17.8. The van der Waals surface area contributed by atoms with E-state index in [0.29, 0.717) is 17.9 Å². The van der Waals surface area contributed by atoms with E-state index in [0.717, 1.165) is 17.5 Å². The van der Waals surface area contributed by atoms with Crippen molar-refractivity contribution >= 4 is 32.8 Å². The van der Waals surface area contributed by atoms with Crippen LogP contribution in [0, 0.1) is 5.92 Å². The second-order valence-corrected chi connectivity index (χ2v) is 9.46. The van der Waals surface area contributed by atoms with Gasteiger partial charge in [0, 0.05) is 12.6 Å². The lowest BCUT2D eigenvalue weighted by atomic mass is 9.98. The smallest absolute Gasteiger partial charge is 0.263 e. The van der Waals surface area contributed by atoms with Crippen molar-refractivity contribution in [1.29, 1.82) is 0 Å². The average Bonchev–Trinajstić information content (AvgIpc) is 3.28. The van der Waals surface area contributed by atoms with Crippen LogP contribution in [0.5, 0.6) is 0 Å². The molecule has 4 rings (SSSR count). The monoisotopic (exact) mass is 439 g/mol. The number of hydrogen-bond acceptors (Lipinski definition) is 5. The lowest BCUT2D eigenvalue weighted by Crippen LogP contribution is -2.40. The molecule has 31 heavy (non-hydrogen) atoms. The van der Waals surface area contributed by atoms with Crippen molar-refractivity contribution in [2.45, 2.75) is 37.8 Å². The van der Waals surface area contributed by atoms with Gasteiger partial charge in [-0.15, -0.1) is 0 Å². The molecule has 162 valence electrons. The third-order valence-corrected chi connectivity index (χ3v) is 6.97.